The van der Waals surface area contributed by atoms with Crippen LogP contribution in [0.2, 0.25) is 5.02 Å². The number of halogens is 2. The zero-order chi connectivity index (χ0) is 16.5. The first-order chi connectivity index (χ1) is 11.2. The van der Waals surface area contributed by atoms with E-state index in [-0.39, 0.29) is 24.0 Å². The van der Waals surface area contributed by atoms with E-state index in [0.29, 0.717) is 0 Å². The molecule has 2 rings (SSSR count). The second kappa shape index (κ2) is 11.9. The van der Waals surface area contributed by atoms with Crippen LogP contribution in [0.4, 0.5) is 0 Å². The lowest BCUT2D eigenvalue weighted by atomic mass is 10.2. The highest BCUT2D eigenvalue weighted by Gasteiger charge is 2.11. The monoisotopic (exact) mass is 466 g/mol. The van der Waals surface area contributed by atoms with Gasteiger partial charge in [0.25, 0.3) is 0 Å². The molecule has 0 amide bonds. The maximum Gasteiger partial charge on any atom is 0.194 e. The Bertz CT molecular complexity index is 509. The van der Waals surface area contributed by atoms with E-state index in [2.05, 4.69) is 28.1 Å². The van der Waals surface area contributed by atoms with E-state index in [1.165, 1.54) is 0 Å². The number of morpholine rings is 1. The van der Waals surface area contributed by atoms with Crippen molar-refractivity contribution in [1.29, 1.82) is 0 Å². The van der Waals surface area contributed by atoms with Crippen LogP contribution >= 0.6 is 35.6 Å². The molecule has 0 aromatic heterocycles. The van der Waals surface area contributed by atoms with E-state index in [4.69, 9.17) is 21.3 Å². The third kappa shape index (κ3) is 7.13. The smallest absolute Gasteiger partial charge is 0.194 e. The molecular weight excluding hydrogens is 439 g/mol. The first-order valence-electron chi connectivity index (χ1n) is 8.23. The highest BCUT2D eigenvalue weighted by Crippen LogP contribution is 2.16. The highest BCUT2D eigenvalue weighted by atomic mass is 127. The van der Waals surface area contributed by atoms with Gasteiger partial charge in [-0.3, -0.25) is 9.89 Å². The van der Waals surface area contributed by atoms with Crippen LogP contribution in [0.25, 0.3) is 0 Å². The maximum atomic E-state index is 6.25. The fourth-order valence-corrected chi connectivity index (χ4v) is 2.74. The van der Waals surface area contributed by atoms with Gasteiger partial charge in [0.2, 0.25) is 0 Å². The molecule has 1 heterocycles. The molecule has 1 saturated heterocycles. The minimum Gasteiger partial charge on any atom is -0.379 e. The molecule has 1 aromatic rings. The molecule has 5 nitrogen and oxygen atoms in total. The predicted molar refractivity (Wildman–Crippen MR) is 112 cm³/mol. The number of rotatable bonds is 6. The lowest BCUT2D eigenvalue weighted by molar-refractivity contribution is 0.0394. The van der Waals surface area contributed by atoms with Gasteiger partial charge in [-0.25, -0.2) is 0 Å². The number of hydrogen-bond acceptors (Lipinski definition) is 3. The third-order valence-electron chi connectivity index (χ3n) is 3.84. The fourth-order valence-electron chi connectivity index (χ4n) is 2.55. The van der Waals surface area contributed by atoms with Gasteiger partial charge in [-0.15, -0.1) is 24.0 Å². The van der Waals surface area contributed by atoms with Crippen LogP contribution in [-0.2, 0) is 11.3 Å². The van der Waals surface area contributed by atoms with Gasteiger partial charge in [0.05, 0.1) is 19.8 Å². The molecule has 0 atom stereocenters. The van der Waals surface area contributed by atoms with Crippen molar-refractivity contribution in [3.63, 3.8) is 0 Å². The molecule has 7 heteroatoms. The summed E-state index contributed by atoms with van der Waals surface area (Å²) in [6.07, 6.45) is 0. The molecule has 0 radical (unpaired) electrons. The molecule has 0 aliphatic carbocycles. The van der Waals surface area contributed by atoms with Gasteiger partial charge in [0.1, 0.15) is 0 Å². The molecule has 24 heavy (non-hydrogen) atoms. The summed E-state index contributed by atoms with van der Waals surface area (Å²) in [5.41, 5.74) is 1.11. The van der Waals surface area contributed by atoms with Crippen LogP contribution in [0.1, 0.15) is 12.5 Å². The zero-order valence-corrected chi connectivity index (χ0v) is 17.6. The largest absolute Gasteiger partial charge is 0.379 e. The summed E-state index contributed by atoms with van der Waals surface area (Å²) >= 11 is 6.25. The van der Waals surface area contributed by atoms with Crippen LogP contribution in [0.15, 0.2) is 29.3 Å². The van der Waals surface area contributed by atoms with Crippen LogP contribution < -0.4 is 5.32 Å². The van der Waals surface area contributed by atoms with Crippen molar-refractivity contribution in [2.75, 3.05) is 53.0 Å². The number of hydrogen-bond donors (Lipinski definition) is 1. The Kier molecular flexibility index (Phi) is 10.6. The maximum absolute atomic E-state index is 6.25. The average molecular weight is 467 g/mol. The third-order valence-corrected chi connectivity index (χ3v) is 4.21. The fraction of sp³-hybridized carbons (Fsp3) is 0.588. The molecular formula is C17H28ClIN4O. The quantitative estimate of drug-likeness (QED) is 0.398. The summed E-state index contributed by atoms with van der Waals surface area (Å²) in [5.74, 6) is 0.917. The average Bonchev–Trinajstić information content (AvgIpc) is 2.57. The Balaban J connectivity index is 0.00000288. The van der Waals surface area contributed by atoms with Gasteiger partial charge in [-0.1, -0.05) is 29.8 Å². The lowest BCUT2D eigenvalue weighted by Gasteiger charge is -2.26. The lowest BCUT2D eigenvalue weighted by Crippen LogP contribution is -2.40. The molecule has 0 saturated carbocycles. The summed E-state index contributed by atoms with van der Waals surface area (Å²) in [4.78, 5) is 9.25. The van der Waals surface area contributed by atoms with Crippen molar-refractivity contribution in [2.45, 2.75) is 13.5 Å². The Labute approximate surface area is 167 Å². The highest BCUT2D eigenvalue weighted by molar-refractivity contribution is 14.0. The molecule has 136 valence electrons. The number of benzene rings is 1. The molecule has 1 aliphatic heterocycles. The SMILES string of the molecule is CCNC(=NCCN1CCOCC1)N(C)Cc1ccccc1Cl.I. The molecule has 1 aliphatic rings. The summed E-state index contributed by atoms with van der Waals surface area (Å²) in [6.45, 7) is 9.09. The van der Waals surface area contributed by atoms with E-state index in [1.54, 1.807) is 0 Å². The first kappa shape index (κ1) is 21.5. The van der Waals surface area contributed by atoms with Gasteiger partial charge in [0.15, 0.2) is 5.96 Å². The van der Waals surface area contributed by atoms with Crippen molar-refractivity contribution in [2.24, 2.45) is 4.99 Å². The molecule has 0 unspecified atom stereocenters. The van der Waals surface area contributed by atoms with Gasteiger partial charge < -0.3 is 15.0 Å². The van der Waals surface area contributed by atoms with Crippen LogP contribution in [0.3, 0.4) is 0 Å². The second-order valence-corrected chi connectivity index (χ2v) is 6.04. The molecule has 0 bridgehead atoms. The van der Waals surface area contributed by atoms with Crippen LogP contribution in [-0.4, -0.2) is 68.7 Å². The van der Waals surface area contributed by atoms with E-state index in [0.717, 1.165) is 69.0 Å². The van der Waals surface area contributed by atoms with E-state index < -0.39 is 0 Å². The number of nitrogens with zero attached hydrogens (tertiary/aromatic N) is 3. The number of guanidine groups is 1. The minimum atomic E-state index is 0. The van der Waals surface area contributed by atoms with E-state index in [9.17, 15) is 0 Å². The summed E-state index contributed by atoms with van der Waals surface area (Å²) < 4.78 is 5.37. The Hall–Kier alpha value is -0.570. The second-order valence-electron chi connectivity index (χ2n) is 5.64. The first-order valence-corrected chi connectivity index (χ1v) is 8.61. The Morgan fingerprint density at radius 2 is 2.04 bits per heavy atom. The summed E-state index contributed by atoms with van der Waals surface area (Å²) in [5, 5.41) is 4.14. The van der Waals surface area contributed by atoms with Crippen molar-refractivity contribution in [3.8, 4) is 0 Å². The summed E-state index contributed by atoms with van der Waals surface area (Å²) in [7, 11) is 2.04. The number of nitrogens with one attached hydrogen (secondary N) is 1. The Morgan fingerprint density at radius 3 is 2.71 bits per heavy atom. The van der Waals surface area contributed by atoms with Crippen molar-refractivity contribution < 1.29 is 4.74 Å². The van der Waals surface area contributed by atoms with Gasteiger partial charge in [-0.05, 0) is 18.6 Å². The van der Waals surface area contributed by atoms with E-state index in [1.807, 2.05) is 25.2 Å². The van der Waals surface area contributed by atoms with Crippen LogP contribution in [0, 0.1) is 0 Å². The van der Waals surface area contributed by atoms with Gasteiger partial charge in [-0.2, -0.15) is 0 Å². The van der Waals surface area contributed by atoms with Gasteiger partial charge >= 0.3 is 0 Å². The molecule has 0 spiro atoms. The normalized spacial score (nSPS) is 15.7. The zero-order valence-electron chi connectivity index (χ0n) is 14.5. The number of ether oxygens (including phenoxy) is 1. The Morgan fingerprint density at radius 1 is 1.33 bits per heavy atom. The molecule has 1 N–H and O–H groups in total. The van der Waals surface area contributed by atoms with Crippen molar-refractivity contribution >= 4 is 41.5 Å². The molecule has 1 aromatic carbocycles. The van der Waals surface area contributed by atoms with Crippen molar-refractivity contribution in [1.82, 2.24) is 15.1 Å². The molecule has 1 fully saturated rings. The number of aliphatic imine (C=N–C) groups is 1. The predicted octanol–water partition coefficient (Wildman–Crippen LogP) is 2.69. The van der Waals surface area contributed by atoms with Gasteiger partial charge in [0, 0.05) is 44.8 Å². The topological polar surface area (TPSA) is 40.1 Å². The standard InChI is InChI=1S/C17H27ClN4O.HI/c1-3-19-17(20-8-9-22-10-12-23-13-11-22)21(2)14-15-6-4-5-7-16(15)18;/h4-7H,3,8-14H2,1-2H3,(H,19,20);1H. The van der Waals surface area contributed by atoms with Crippen LogP contribution in [0.5, 0.6) is 0 Å². The minimum absolute atomic E-state index is 0. The van der Waals surface area contributed by atoms with E-state index >= 15 is 0 Å². The van der Waals surface area contributed by atoms with Crippen molar-refractivity contribution in [3.05, 3.63) is 34.9 Å². The summed E-state index contributed by atoms with van der Waals surface area (Å²) in [6, 6.07) is 7.94.